The molecule has 2 heterocycles. The molecule has 0 unspecified atom stereocenters. The van der Waals surface area contributed by atoms with E-state index in [1.807, 2.05) is 20.9 Å². The van der Waals surface area contributed by atoms with E-state index in [1.165, 1.54) is 11.5 Å². The van der Waals surface area contributed by atoms with E-state index >= 15 is 0 Å². The van der Waals surface area contributed by atoms with Gasteiger partial charge in [0.25, 0.3) is 0 Å². The molecular formula is C10H17N5OS. The molecule has 1 aromatic heterocycles. The zero-order valence-corrected chi connectivity index (χ0v) is 11.1. The second-order valence-electron chi connectivity index (χ2n) is 4.79. The molecule has 0 atom stereocenters. The van der Waals surface area contributed by atoms with E-state index in [-0.39, 0.29) is 5.91 Å². The molecule has 1 aromatic rings. The van der Waals surface area contributed by atoms with Crippen molar-refractivity contribution in [3.63, 3.8) is 0 Å². The number of piperazine rings is 1. The highest BCUT2D eigenvalue weighted by Gasteiger charge is 2.40. The van der Waals surface area contributed by atoms with Crippen LogP contribution in [0.25, 0.3) is 0 Å². The van der Waals surface area contributed by atoms with Crippen LogP contribution in [0, 0.1) is 0 Å². The molecule has 1 aliphatic heterocycles. The summed E-state index contributed by atoms with van der Waals surface area (Å²) in [4.78, 5) is 16.0. The molecule has 1 saturated heterocycles. The number of hydrogen-bond donors (Lipinski definition) is 1. The predicted molar refractivity (Wildman–Crippen MR) is 66.4 cm³/mol. The van der Waals surface area contributed by atoms with Gasteiger partial charge in [-0.1, -0.05) is 4.49 Å². The van der Waals surface area contributed by atoms with Crippen LogP contribution in [0.3, 0.4) is 0 Å². The molecule has 1 fully saturated rings. The smallest absolute Gasteiger partial charge is 0.242 e. The Labute approximate surface area is 105 Å². The lowest BCUT2D eigenvalue weighted by molar-refractivity contribution is -0.147. The average molecular weight is 255 g/mol. The zero-order valence-electron chi connectivity index (χ0n) is 10.3. The van der Waals surface area contributed by atoms with Crippen LogP contribution in [-0.2, 0) is 11.3 Å². The fourth-order valence-corrected chi connectivity index (χ4v) is 2.47. The van der Waals surface area contributed by atoms with Crippen molar-refractivity contribution in [1.82, 2.24) is 19.4 Å². The Hall–Kier alpha value is -1.21. The lowest BCUT2D eigenvalue weighted by atomic mass is 9.97. The molecule has 6 nitrogen and oxygen atoms in total. The van der Waals surface area contributed by atoms with Gasteiger partial charge in [-0.3, -0.25) is 9.69 Å². The maximum atomic E-state index is 12.1. The van der Waals surface area contributed by atoms with Gasteiger partial charge in [0.15, 0.2) is 0 Å². The third-order valence-electron chi connectivity index (χ3n) is 3.29. The lowest BCUT2D eigenvalue weighted by Crippen LogP contribution is -2.61. The normalized spacial score (nSPS) is 20.9. The molecule has 7 heteroatoms. The van der Waals surface area contributed by atoms with Gasteiger partial charge in [0.1, 0.15) is 10.7 Å². The molecule has 0 aliphatic carbocycles. The molecule has 17 heavy (non-hydrogen) atoms. The minimum absolute atomic E-state index is 0.130. The maximum Gasteiger partial charge on any atom is 0.242 e. The first-order valence-corrected chi connectivity index (χ1v) is 6.27. The average Bonchev–Trinajstić information content (AvgIpc) is 2.66. The van der Waals surface area contributed by atoms with Gasteiger partial charge in [0.05, 0.1) is 5.54 Å². The number of rotatable bonds is 2. The van der Waals surface area contributed by atoms with Crippen LogP contribution in [0.5, 0.6) is 0 Å². The van der Waals surface area contributed by atoms with Crippen LogP contribution in [0.1, 0.15) is 19.5 Å². The van der Waals surface area contributed by atoms with Crippen molar-refractivity contribution in [2.24, 2.45) is 0 Å². The van der Waals surface area contributed by atoms with Crippen molar-refractivity contribution in [3.8, 4) is 0 Å². The number of carbonyl (C=O) groups is 1. The minimum Gasteiger partial charge on any atom is -0.388 e. The van der Waals surface area contributed by atoms with E-state index in [2.05, 4.69) is 14.5 Å². The van der Waals surface area contributed by atoms with E-state index in [9.17, 15) is 4.79 Å². The summed E-state index contributed by atoms with van der Waals surface area (Å²) in [5.74, 6) is 0.130. The van der Waals surface area contributed by atoms with Gasteiger partial charge in [0.2, 0.25) is 5.91 Å². The van der Waals surface area contributed by atoms with Crippen molar-refractivity contribution in [3.05, 3.63) is 5.69 Å². The summed E-state index contributed by atoms with van der Waals surface area (Å²) < 4.78 is 3.81. The van der Waals surface area contributed by atoms with Crippen molar-refractivity contribution in [2.45, 2.75) is 25.9 Å². The van der Waals surface area contributed by atoms with Crippen LogP contribution in [0.2, 0.25) is 0 Å². The van der Waals surface area contributed by atoms with E-state index < -0.39 is 5.54 Å². The fourth-order valence-electron chi connectivity index (χ4n) is 2.04. The maximum absolute atomic E-state index is 12.1. The first kappa shape index (κ1) is 12.3. The second-order valence-corrected chi connectivity index (χ2v) is 5.58. The van der Waals surface area contributed by atoms with Crippen LogP contribution < -0.4 is 5.73 Å². The molecule has 0 spiro atoms. The number of carbonyl (C=O) groups excluding carboxylic acids is 1. The summed E-state index contributed by atoms with van der Waals surface area (Å²) in [6, 6.07) is 0. The number of aromatic nitrogens is 2. The quantitative estimate of drug-likeness (QED) is 0.815. The van der Waals surface area contributed by atoms with E-state index in [1.54, 1.807) is 4.90 Å². The van der Waals surface area contributed by atoms with Gasteiger partial charge < -0.3 is 10.6 Å². The zero-order chi connectivity index (χ0) is 12.6. The number of hydrogen-bond acceptors (Lipinski definition) is 6. The van der Waals surface area contributed by atoms with Crippen molar-refractivity contribution in [1.29, 1.82) is 0 Å². The minimum atomic E-state index is -0.511. The van der Waals surface area contributed by atoms with Crippen LogP contribution in [0.4, 0.5) is 5.00 Å². The monoisotopic (exact) mass is 255 g/mol. The standard InChI is InChI=1S/C10H17N5OS/c1-10(2)9(16)14(3)4-5-15(10)6-7-8(11)17-13-12-7/h4-6,11H2,1-3H3. The summed E-state index contributed by atoms with van der Waals surface area (Å²) in [5.41, 5.74) is 6.03. The Kier molecular flexibility index (Phi) is 3.05. The fraction of sp³-hybridized carbons (Fsp3) is 0.700. The van der Waals surface area contributed by atoms with Crippen LogP contribution in [0.15, 0.2) is 0 Å². The van der Waals surface area contributed by atoms with Crippen LogP contribution in [-0.4, -0.2) is 51.0 Å². The SMILES string of the molecule is CN1CCN(Cc2nnsc2N)C(C)(C)C1=O. The van der Waals surface area contributed by atoms with Crippen molar-refractivity contribution >= 4 is 22.4 Å². The summed E-state index contributed by atoms with van der Waals surface area (Å²) in [7, 11) is 1.83. The first-order chi connectivity index (χ1) is 7.93. The van der Waals surface area contributed by atoms with Gasteiger partial charge in [-0.05, 0) is 13.8 Å². The molecule has 0 aromatic carbocycles. The van der Waals surface area contributed by atoms with E-state index in [4.69, 9.17) is 5.73 Å². The molecule has 1 amide bonds. The Morgan fingerprint density at radius 2 is 2.18 bits per heavy atom. The van der Waals surface area contributed by atoms with Crippen molar-refractivity contribution in [2.75, 3.05) is 25.9 Å². The van der Waals surface area contributed by atoms with E-state index in [0.717, 1.165) is 18.8 Å². The highest BCUT2D eigenvalue weighted by atomic mass is 32.1. The third kappa shape index (κ3) is 2.12. The molecule has 2 N–H and O–H groups in total. The Balaban J connectivity index is 2.17. The number of amides is 1. The number of likely N-dealkylation sites (N-methyl/N-ethyl adjacent to an activating group) is 1. The predicted octanol–water partition coefficient (Wildman–Crippen LogP) is 0.173. The number of nitrogens with zero attached hydrogens (tertiary/aromatic N) is 4. The van der Waals surface area contributed by atoms with Gasteiger partial charge in [-0.25, -0.2) is 0 Å². The number of nitrogens with two attached hydrogens (primary N) is 1. The largest absolute Gasteiger partial charge is 0.388 e. The highest BCUT2D eigenvalue weighted by molar-refractivity contribution is 7.09. The molecule has 0 radical (unpaired) electrons. The Bertz CT molecular complexity index is 430. The Morgan fingerprint density at radius 3 is 2.76 bits per heavy atom. The van der Waals surface area contributed by atoms with Crippen molar-refractivity contribution < 1.29 is 4.79 Å². The Morgan fingerprint density at radius 1 is 1.47 bits per heavy atom. The number of nitrogen functional groups attached to an aromatic ring is 1. The highest BCUT2D eigenvalue weighted by Crippen LogP contribution is 2.25. The molecule has 94 valence electrons. The summed E-state index contributed by atoms with van der Waals surface area (Å²) in [6.45, 7) is 6.00. The molecule has 0 bridgehead atoms. The number of anilines is 1. The topological polar surface area (TPSA) is 75.3 Å². The molecule has 1 aliphatic rings. The molecule has 0 saturated carbocycles. The summed E-state index contributed by atoms with van der Waals surface area (Å²) >= 11 is 1.19. The van der Waals surface area contributed by atoms with Crippen LogP contribution >= 0.6 is 11.5 Å². The lowest BCUT2D eigenvalue weighted by Gasteiger charge is -2.44. The molecule has 2 rings (SSSR count). The van der Waals surface area contributed by atoms with E-state index in [0.29, 0.717) is 11.5 Å². The molecular weight excluding hydrogens is 238 g/mol. The second kappa shape index (κ2) is 4.23. The third-order valence-corrected chi connectivity index (χ3v) is 3.89. The summed E-state index contributed by atoms with van der Waals surface area (Å²) in [6.07, 6.45) is 0. The van der Waals surface area contributed by atoms with Gasteiger partial charge >= 0.3 is 0 Å². The summed E-state index contributed by atoms with van der Waals surface area (Å²) in [5, 5.41) is 4.63. The van der Waals surface area contributed by atoms with Gasteiger partial charge in [-0.2, -0.15) is 0 Å². The van der Waals surface area contributed by atoms with Gasteiger partial charge in [0, 0.05) is 38.2 Å². The van der Waals surface area contributed by atoms with Gasteiger partial charge in [-0.15, -0.1) is 5.10 Å². The first-order valence-electron chi connectivity index (χ1n) is 5.50.